The highest BCUT2D eigenvalue weighted by atomic mass is 32.2. The number of benzene rings is 2. The Morgan fingerprint density at radius 2 is 1.82 bits per heavy atom. The van der Waals surface area contributed by atoms with Gasteiger partial charge in [-0.25, -0.2) is 22.9 Å². The molecule has 13 heteroatoms. The second kappa shape index (κ2) is 8.39. The normalized spacial score (nSPS) is 14.2. The minimum atomic E-state index is -4.77. The largest absolute Gasteiger partial charge is 0.419 e. The molecule has 2 heterocycles. The molecule has 0 unspecified atom stereocenters. The highest BCUT2D eigenvalue weighted by Crippen LogP contribution is 2.33. The van der Waals surface area contributed by atoms with E-state index in [1.54, 1.807) is 18.2 Å². The lowest BCUT2D eigenvalue weighted by molar-refractivity contribution is -0.139. The van der Waals surface area contributed by atoms with Gasteiger partial charge in [0.1, 0.15) is 11.5 Å². The topological polar surface area (TPSA) is 105 Å². The highest BCUT2D eigenvalue weighted by Gasteiger charge is 2.34. The van der Waals surface area contributed by atoms with Crippen LogP contribution in [0.15, 0.2) is 46.1 Å². The average molecular weight is 500 g/mol. The van der Waals surface area contributed by atoms with Crippen molar-refractivity contribution in [2.75, 3.05) is 11.9 Å². The summed E-state index contributed by atoms with van der Waals surface area (Å²) in [5.41, 5.74) is 1.16. The summed E-state index contributed by atoms with van der Waals surface area (Å²) in [6, 6.07) is 7.83. The number of thiazole rings is 1. The second-order valence-electron chi connectivity index (χ2n) is 7.32. The molecule has 1 amide bonds. The van der Waals surface area contributed by atoms with Crippen LogP contribution in [0, 0.1) is 5.82 Å². The number of nitrogens with one attached hydrogen (secondary N) is 1. The number of carbonyl (C=O) groups excluding carboxylic acids is 1. The van der Waals surface area contributed by atoms with Gasteiger partial charge < -0.3 is 10.2 Å². The zero-order valence-electron chi connectivity index (χ0n) is 16.7. The summed E-state index contributed by atoms with van der Waals surface area (Å²) in [4.78, 5) is 18.0. The molecule has 3 aromatic rings. The number of nitrogens with two attached hydrogens (primary N) is 1. The first-order chi connectivity index (χ1) is 15.4. The van der Waals surface area contributed by atoms with Gasteiger partial charge in [-0.05, 0) is 47.9 Å². The van der Waals surface area contributed by atoms with Gasteiger partial charge >= 0.3 is 6.18 Å². The molecule has 4 rings (SSSR count). The SMILES string of the molecule is NS(=O)(=O)c1nc(C(=O)N2CCc3cc(Nc4ccc(C(F)(F)F)c(F)c4)ccc3C2)cs1. The van der Waals surface area contributed by atoms with Crippen molar-refractivity contribution in [2.24, 2.45) is 5.14 Å². The zero-order valence-corrected chi connectivity index (χ0v) is 18.3. The third-order valence-electron chi connectivity index (χ3n) is 5.01. The minimum Gasteiger partial charge on any atom is -0.355 e. The fourth-order valence-electron chi connectivity index (χ4n) is 3.44. The van der Waals surface area contributed by atoms with Crippen molar-refractivity contribution >= 4 is 38.6 Å². The number of anilines is 2. The van der Waals surface area contributed by atoms with Gasteiger partial charge in [0, 0.05) is 29.8 Å². The predicted octanol–water partition coefficient (Wildman–Crippen LogP) is 3.89. The number of rotatable bonds is 4. The number of primary sulfonamides is 1. The molecule has 0 aliphatic carbocycles. The van der Waals surface area contributed by atoms with Gasteiger partial charge in [-0.2, -0.15) is 13.2 Å². The molecule has 3 N–H and O–H groups in total. The van der Waals surface area contributed by atoms with Crippen LogP contribution in [0.25, 0.3) is 0 Å². The van der Waals surface area contributed by atoms with Crippen LogP contribution in [0.1, 0.15) is 27.2 Å². The molecule has 0 fully saturated rings. The summed E-state index contributed by atoms with van der Waals surface area (Å²) < 4.78 is 74.4. The van der Waals surface area contributed by atoms with Gasteiger partial charge in [0.25, 0.3) is 15.9 Å². The molecular formula is C20H16F4N4O3S2. The molecule has 33 heavy (non-hydrogen) atoms. The quantitative estimate of drug-likeness (QED) is 0.529. The van der Waals surface area contributed by atoms with E-state index in [0.29, 0.717) is 24.7 Å². The van der Waals surface area contributed by atoms with Gasteiger partial charge in [0.05, 0.1) is 5.56 Å². The molecule has 1 aromatic heterocycles. The summed E-state index contributed by atoms with van der Waals surface area (Å²) in [5.74, 6) is -1.79. The Balaban J connectivity index is 1.47. The van der Waals surface area contributed by atoms with Crippen LogP contribution in [0.4, 0.5) is 28.9 Å². The molecule has 0 bridgehead atoms. The number of alkyl halides is 3. The van der Waals surface area contributed by atoms with Crippen molar-refractivity contribution in [3.63, 3.8) is 0 Å². The number of sulfonamides is 1. The number of nitrogens with zero attached hydrogens (tertiary/aromatic N) is 2. The predicted molar refractivity (Wildman–Crippen MR) is 113 cm³/mol. The molecule has 1 aliphatic heterocycles. The lowest BCUT2D eigenvalue weighted by atomic mass is 9.98. The minimum absolute atomic E-state index is 0.00454. The van der Waals surface area contributed by atoms with Crippen LogP contribution in [-0.4, -0.2) is 30.8 Å². The summed E-state index contributed by atoms with van der Waals surface area (Å²) in [6.07, 6.45) is -4.28. The van der Waals surface area contributed by atoms with Gasteiger partial charge in [-0.3, -0.25) is 4.79 Å². The zero-order chi connectivity index (χ0) is 24.0. The maximum Gasteiger partial charge on any atom is 0.419 e. The molecule has 7 nitrogen and oxygen atoms in total. The van der Waals surface area contributed by atoms with E-state index < -0.39 is 33.5 Å². The maximum atomic E-state index is 13.8. The van der Waals surface area contributed by atoms with Crippen molar-refractivity contribution in [1.82, 2.24) is 9.88 Å². The van der Waals surface area contributed by atoms with Crippen LogP contribution in [0.5, 0.6) is 0 Å². The molecular weight excluding hydrogens is 484 g/mol. The van der Waals surface area contributed by atoms with Crippen LogP contribution in [-0.2, 0) is 29.2 Å². The number of hydrogen-bond acceptors (Lipinski definition) is 6. The van der Waals surface area contributed by atoms with Gasteiger partial charge in [0.15, 0.2) is 0 Å². The third kappa shape index (κ3) is 4.99. The van der Waals surface area contributed by atoms with E-state index in [2.05, 4.69) is 10.3 Å². The Bertz CT molecular complexity index is 1340. The van der Waals surface area contributed by atoms with E-state index in [1.807, 2.05) is 0 Å². The van der Waals surface area contributed by atoms with Crippen LogP contribution in [0.2, 0.25) is 0 Å². The fraction of sp³-hybridized carbons (Fsp3) is 0.200. The lowest BCUT2D eigenvalue weighted by Crippen LogP contribution is -2.36. The van der Waals surface area contributed by atoms with E-state index in [-0.39, 0.29) is 22.3 Å². The van der Waals surface area contributed by atoms with Crippen molar-refractivity contribution in [1.29, 1.82) is 0 Å². The summed E-state index contributed by atoms with van der Waals surface area (Å²) in [6.45, 7) is 0.623. The Morgan fingerprint density at radius 3 is 2.45 bits per heavy atom. The van der Waals surface area contributed by atoms with Crippen molar-refractivity contribution in [3.05, 3.63) is 70.0 Å². The van der Waals surface area contributed by atoms with E-state index in [0.717, 1.165) is 34.6 Å². The van der Waals surface area contributed by atoms with Crippen molar-refractivity contribution in [3.8, 4) is 0 Å². The van der Waals surface area contributed by atoms with Crippen LogP contribution < -0.4 is 10.5 Å². The summed E-state index contributed by atoms with van der Waals surface area (Å²) in [5, 5.41) is 9.26. The molecule has 0 saturated heterocycles. The Labute approximate surface area is 189 Å². The first-order valence-corrected chi connectivity index (χ1v) is 11.9. The van der Waals surface area contributed by atoms with Crippen molar-refractivity contribution < 1.29 is 30.8 Å². The van der Waals surface area contributed by atoms with Gasteiger partial charge in [0.2, 0.25) is 4.34 Å². The highest BCUT2D eigenvalue weighted by molar-refractivity contribution is 7.91. The lowest BCUT2D eigenvalue weighted by Gasteiger charge is -2.28. The molecule has 2 aromatic carbocycles. The molecule has 0 radical (unpaired) electrons. The second-order valence-corrected chi connectivity index (χ2v) is 9.91. The van der Waals surface area contributed by atoms with E-state index in [9.17, 15) is 30.8 Å². The number of fused-ring (bicyclic) bond motifs is 1. The van der Waals surface area contributed by atoms with E-state index in [1.165, 1.54) is 10.3 Å². The maximum absolute atomic E-state index is 13.8. The number of carbonyl (C=O) groups is 1. The smallest absolute Gasteiger partial charge is 0.355 e. The number of halogens is 4. The fourth-order valence-corrected chi connectivity index (χ4v) is 4.87. The number of amides is 1. The Morgan fingerprint density at radius 1 is 1.12 bits per heavy atom. The number of hydrogen-bond donors (Lipinski definition) is 2. The molecule has 0 atom stereocenters. The Hall–Kier alpha value is -3.03. The Kier molecular flexibility index (Phi) is 5.88. The van der Waals surface area contributed by atoms with E-state index >= 15 is 0 Å². The standard InChI is InChI=1S/C20H16F4N4O3S2/c21-16-8-14(3-4-15(16)20(22,23)24)26-13-2-1-12-9-28(6-5-11(12)7-13)18(29)17-10-32-19(27-17)33(25,30)31/h1-4,7-8,10,26H,5-6,9H2,(H2,25,30,31). The monoisotopic (exact) mass is 500 g/mol. The number of aromatic nitrogens is 1. The molecule has 0 spiro atoms. The average Bonchev–Trinajstić information content (AvgIpc) is 3.23. The summed E-state index contributed by atoms with van der Waals surface area (Å²) in [7, 11) is -3.99. The molecule has 1 aliphatic rings. The van der Waals surface area contributed by atoms with Crippen LogP contribution in [0.3, 0.4) is 0 Å². The third-order valence-corrected chi connectivity index (χ3v) is 7.21. The van der Waals surface area contributed by atoms with Crippen LogP contribution >= 0.6 is 11.3 Å². The van der Waals surface area contributed by atoms with Gasteiger partial charge in [-0.1, -0.05) is 6.07 Å². The van der Waals surface area contributed by atoms with Crippen molar-refractivity contribution in [2.45, 2.75) is 23.5 Å². The first-order valence-electron chi connectivity index (χ1n) is 9.45. The molecule has 174 valence electrons. The summed E-state index contributed by atoms with van der Waals surface area (Å²) >= 11 is 0.771. The van der Waals surface area contributed by atoms with Gasteiger partial charge in [-0.15, -0.1) is 11.3 Å². The first kappa shape index (κ1) is 23.1. The van der Waals surface area contributed by atoms with E-state index in [4.69, 9.17) is 5.14 Å². The molecule has 0 saturated carbocycles.